The van der Waals surface area contributed by atoms with Gasteiger partial charge in [-0.1, -0.05) is 23.4 Å². The van der Waals surface area contributed by atoms with Crippen molar-refractivity contribution in [2.24, 2.45) is 0 Å². The summed E-state index contributed by atoms with van der Waals surface area (Å²) in [5.41, 5.74) is 1.13. The van der Waals surface area contributed by atoms with Gasteiger partial charge in [0.2, 0.25) is 0 Å². The van der Waals surface area contributed by atoms with E-state index in [9.17, 15) is 9.50 Å². The van der Waals surface area contributed by atoms with Gasteiger partial charge in [-0.05, 0) is 52.4 Å². The minimum atomic E-state index is -0.296. The normalized spacial score (nSPS) is 10.8. The van der Waals surface area contributed by atoms with Gasteiger partial charge in [0.25, 0.3) is 5.89 Å². The Labute approximate surface area is 133 Å². The van der Waals surface area contributed by atoms with Gasteiger partial charge in [0.05, 0.1) is 3.57 Å². The average Bonchev–Trinajstić information content (AvgIpc) is 2.93. The van der Waals surface area contributed by atoms with Crippen molar-refractivity contribution in [3.05, 3.63) is 63.2 Å². The zero-order chi connectivity index (χ0) is 14.8. The number of phenolic OH excluding ortho intramolecular Hbond substituents is 1. The second-order valence-corrected chi connectivity index (χ2v) is 5.61. The predicted molar refractivity (Wildman–Crippen MR) is 83.3 cm³/mol. The molecule has 0 spiro atoms. The van der Waals surface area contributed by atoms with Gasteiger partial charge in [-0.15, -0.1) is 0 Å². The SMILES string of the molecule is Oc1cc(-c2nc(Cc3ccccc3F)no2)ccc1I. The molecule has 0 aliphatic rings. The Hall–Kier alpha value is -1.96. The third-order valence-electron chi connectivity index (χ3n) is 2.97. The molecule has 2 aromatic carbocycles. The summed E-state index contributed by atoms with van der Waals surface area (Å²) in [5.74, 6) is 0.555. The van der Waals surface area contributed by atoms with E-state index in [0.29, 0.717) is 22.8 Å². The van der Waals surface area contributed by atoms with Gasteiger partial charge < -0.3 is 9.63 Å². The molecular weight excluding hydrogens is 386 g/mol. The first-order valence-electron chi connectivity index (χ1n) is 6.18. The summed E-state index contributed by atoms with van der Waals surface area (Å²) >= 11 is 2.03. The van der Waals surface area contributed by atoms with Gasteiger partial charge in [0.1, 0.15) is 11.6 Å². The van der Waals surface area contributed by atoms with Crippen molar-refractivity contribution in [2.75, 3.05) is 0 Å². The molecule has 0 saturated heterocycles. The largest absolute Gasteiger partial charge is 0.507 e. The predicted octanol–water partition coefficient (Wildman–Crippen LogP) is 3.78. The smallest absolute Gasteiger partial charge is 0.258 e. The van der Waals surface area contributed by atoms with E-state index in [0.717, 1.165) is 3.57 Å². The first-order chi connectivity index (χ1) is 10.1. The standard InChI is InChI=1S/C15H10FIN2O2/c16-11-4-2-1-3-9(11)8-14-18-15(21-19-14)10-5-6-12(17)13(20)7-10/h1-7,20H,8H2. The molecule has 0 unspecified atom stereocenters. The van der Waals surface area contributed by atoms with Crippen LogP contribution >= 0.6 is 22.6 Å². The third kappa shape index (κ3) is 3.05. The van der Waals surface area contributed by atoms with Gasteiger partial charge in [-0.25, -0.2) is 4.39 Å². The maximum absolute atomic E-state index is 13.6. The molecule has 0 fully saturated rings. The molecule has 1 N–H and O–H groups in total. The van der Waals surface area contributed by atoms with Crippen LogP contribution < -0.4 is 0 Å². The quantitative estimate of drug-likeness (QED) is 0.685. The average molecular weight is 396 g/mol. The van der Waals surface area contributed by atoms with E-state index in [2.05, 4.69) is 10.1 Å². The molecule has 0 aliphatic heterocycles. The van der Waals surface area contributed by atoms with E-state index in [4.69, 9.17) is 4.52 Å². The molecule has 0 aliphatic carbocycles. The van der Waals surface area contributed by atoms with Crippen molar-refractivity contribution in [3.63, 3.8) is 0 Å². The lowest BCUT2D eigenvalue weighted by atomic mass is 10.1. The van der Waals surface area contributed by atoms with Crippen LogP contribution in [-0.4, -0.2) is 15.2 Å². The fourth-order valence-electron chi connectivity index (χ4n) is 1.90. The molecule has 3 aromatic rings. The van der Waals surface area contributed by atoms with Gasteiger partial charge in [0.15, 0.2) is 5.82 Å². The minimum absolute atomic E-state index is 0.155. The topological polar surface area (TPSA) is 59.2 Å². The van der Waals surface area contributed by atoms with Gasteiger partial charge in [-0.2, -0.15) is 4.98 Å². The highest BCUT2D eigenvalue weighted by molar-refractivity contribution is 14.1. The Morgan fingerprint density at radius 3 is 2.76 bits per heavy atom. The number of benzene rings is 2. The molecule has 0 saturated carbocycles. The second kappa shape index (κ2) is 5.80. The van der Waals surface area contributed by atoms with E-state index >= 15 is 0 Å². The summed E-state index contributed by atoms with van der Waals surface area (Å²) in [5, 5.41) is 13.5. The van der Waals surface area contributed by atoms with Crippen LogP contribution in [0.2, 0.25) is 0 Å². The molecule has 21 heavy (non-hydrogen) atoms. The van der Waals surface area contributed by atoms with E-state index in [-0.39, 0.29) is 18.0 Å². The van der Waals surface area contributed by atoms with Crippen LogP contribution in [0.4, 0.5) is 4.39 Å². The zero-order valence-electron chi connectivity index (χ0n) is 10.8. The van der Waals surface area contributed by atoms with Gasteiger partial charge >= 0.3 is 0 Å². The van der Waals surface area contributed by atoms with Crippen LogP contribution in [0.1, 0.15) is 11.4 Å². The number of aromatic nitrogens is 2. The lowest BCUT2D eigenvalue weighted by Crippen LogP contribution is -1.94. The van der Waals surface area contributed by atoms with Crippen LogP contribution in [0.15, 0.2) is 47.0 Å². The summed E-state index contributed by atoms with van der Waals surface area (Å²) in [4.78, 5) is 4.23. The zero-order valence-corrected chi connectivity index (χ0v) is 12.9. The lowest BCUT2D eigenvalue weighted by Gasteiger charge is -1.98. The third-order valence-corrected chi connectivity index (χ3v) is 3.88. The first-order valence-corrected chi connectivity index (χ1v) is 7.26. The van der Waals surface area contributed by atoms with Crippen LogP contribution in [0, 0.1) is 9.39 Å². The highest BCUT2D eigenvalue weighted by Gasteiger charge is 2.12. The summed E-state index contributed by atoms with van der Waals surface area (Å²) < 4.78 is 19.5. The molecule has 3 rings (SSSR count). The molecule has 0 radical (unpaired) electrons. The highest BCUT2D eigenvalue weighted by Crippen LogP contribution is 2.26. The second-order valence-electron chi connectivity index (χ2n) is 4.45. The molecular formula is C15H10FIN2O2. The summed E-state index contributed by atoms with van der Waals surface area (Å²) in [6.45, 7) is 0. The van der Waals surface area contributed by atoms with Crippen molar-refractivity contribution in [1.82, 2.24) is 10.1 Å². The van der Waals surface area contributed by atoms with Crippen LogP contribution in [0.3, 0.4) is 0 Å². The lowest BCUT2D eigenvalue weighted by molar-refractivity contribution is 0.422. The highest BCUT2D eigenvalue weighted by atomic mass is 127. The number of rotatable bonds is 3. The molecule has 0 amide bonds. The van der Waals surface area contributed by atoms with Crippen molar-refractivity contribution < 1.29 is 14.0 Å². The number of halogens is 2. The summed E-state index contributed by atoms with van der Waals surface area (Å²) in [6.07, 6.45) is 0.256. The monoisotopic (exact) mass is 396 g/mol. The molecule has 1 aromatic heterocycles. The van der Waals surface area contributed by atoms with E-state index in [1.165, 1.54) is 6.07 Å². The van der Waals surface area contributed by atoms with E-state index < -0.39 is 0 Å². The molecule has 106 valence electrons. The number of hydrogen-bond acceptors (Lipinski definition) is 4. The van der Waals surface area contributed by atoms with Crippen LogP contribution in [0.25, 0.3) is 11.5 Å². The Morgan fingerprint density at radius 1 is 1.19 bits per heavy atom. The molecule has 6 heteroatoms. The van der Waals surface area contributed by atoms with E-state index in [1.807, 2.05) is 22.6 Å². The minimum Gasteiger partial charge on any atom is -0.507 e. The number of nitrogens with zero attached hydrogens (tertiary/aromatic N) is 2. The van der Waals surface area contributed by atoms with Crippen molar-refractivity contribution in [2.45, 2.75) is 6.42 Å². The van der Waals surface area contributed by atoms with Gasteiger partial charge in [0, 0.05) is 12.0 Å². The van der Waals surface area contributed by atoms with Crippen LogP contribution in [-0.2, 0) is 6.42 Å². The maximum atomic E-state index is 13.6. The summed E-state index contributed by atoms with van der Waals surface area (Å²) in [7, 11) is 0. The summed E-state index contributed by atoms with van der Waals surface area (Å²) in [6, 6.07) is 11.6. The fraction of sp³-hybridized carbons (Fsp3) is 0.0667. The Kier molecular flexibility index (Phi) is 3.87. The Bertz CT molecular complexity index is 789. The van der Waals surface area contributed by atoms with Gasteiger partial charge in [-0.3, -0.25) is 0 Å². The Balaban J connectivity index is 1.86. The van der Waals surface area contributed by atoms with Crippen LogP contribution in [0.5, 0.6) is 5.75 Å². The fourth-order valence-corrected chi connectivity index (χ4v) is 2.24. The molecule has 0 atom stereocenters. The molecule has 1 heterocycles. The van der Waals surface area contributed by atoms with Crippen molar-refractivity contribution >= 4 is 22.6 Å². The number of hydrogen-bond donors (Lipinski definition) is 1. The maximum Gasteiger partial charge on any atom is 0.258 e. The first kappa shape index (κ1) is 14.0. The number of phenols is 1. The van der Waals surface area contributed by atoms with E-state index in [1.54, 1.807) is 36.4 Å². The molecule has 0 bridgehead atoms. The van der Waals surface area contributed by atoms with Crippen molar-refractivity contribution in [1.29, 1.82) is 0 Å². The van der Waals surface area contributed by atoms with Crippen molar-refractivity contribution in [3.8, 4) is 17.2 Å². The number of aromatic hydroxyl groups is 1. The molecule has 4 nitrogen and oxygen atoms in total. The Morgan fingerprint density at radius 2 is 2.00 bits per heavy atom.